The van der Waals surface area contributed by atoms with Gasteiger partial charge in [-0.2, -0.15) is 0 Å². The number of rotatable bonds is 2. The van der Waals surface area contributed by atoms with E-state index in [2.05, 4.69) is 21.9 Å². The maximum atomic E-state index is 2.93. The molecule has 0 amide bonds. The van der Waals surface area contributed by atoms with Crippen LogP contribution < -0.4 is 0 Å². The molecule has 1 nitrogen and oxygen atoms in total. The topological polar surface area (TPSA) is 3.24 Å². The second-order valence-electron chi connectivity index (χ2n) is 7.82. The van der Waals surface area contributed by atoms with E-state index in [0.29, 0.717) is 5.21 Å². The zero-order chi connectivity index (χ0) is 14.3. The standard InChI is InChI=1S/C16H34B2NP/c17-16(11-6-3-1-2-4-7-12-16)18-15-9-5-8-13-19(20)14-10-15/h15,18H,1-14,17,20H2. The molecular weight excluding hydrogens is 259 g/mol. The third-order valence-corrected chi connectivity index (χ3v) is 6.24. The smallest absolute Gasteiger partial charge is 0.122 e. The molecule has 0 aromatic heterocycles. The second kappa shape index (κ2) is 8.84. The van der Waals surface area contributed by atoms with Crippen molar-refractivity contribution in [1.82, 2.24) is 4.67 Å². The van der Waals surface area contributed by atoms with Crippen LogP contribution in [-0.2, 0) is 0 Å². The SMILES string of the molecule is BC1(BC2CCCCN(P)CC2)CCCCCCCC1. The van der Waals surface area contributed by atoms with Crippen LogP contribution in [0.15, 0.2) is 0 Å². The average Bonchev–Trinajstić information content (AvgIpc) is 2.51. The Labute approximate surface area is 130 Å². The first kappa shape index (κ1) is 16.9. The molecule has 1 aliphatic carbocycles. The van der Waals surface area contributed by atoms with E-state index in [1.54, 1.807) is 0 Å². The van der Waals surface area contributed by atoms with E-state index in [9.17, 15) is 0 Å². The van der Waals surface area contributed by atoms with Crippen LogP contribution >= 0.6 is 9.39 Å². The van der Waals surface area contributed by atoms with Crippen molar-refractivity contribution in [2.75, 3.05) is 13.1 Å². The summed E-state index contributed by atoms with van der Waals surface area (Å²) in [4.78, 5) is 0. The van der Waals surface area contributed by atoms with Crippen molar-refractivity contribution in [2.24, 2.45) is 0 Å². The summed E-state index contributed by atoms with van der Waals surface area (Å²) in [5.74, 6) is 0.990. The van der Waals surface area contributed by atoms with Gasteiger partial charge in [0.25, 0.3) is 0 Å². The molecule has 0 aromatic rings. The molecule has 1 heterocycles. The Morgan fingerprint density at radius 3 is 2.20 bits per heavy atom. The van der Waals surface area contributed by atoms with Gasteiger partial charge < -0.3 is 0 Å². The molecule has 1 saturated heterocycles. The molecule has 2 unspecified atom stereocenters. The molecule has 0 spiro atoms. The Balaban J connectivity index is 1.86. The van der Waals surface area contributed by atoms with E-state index >= 15 is 0 Å². The summed E-state index contributed by atoms with van der Waals surface area (Å²) in [7, 11) is 7.04. The maximum absolute atomic E-state index is 2.93. The molecule has 0 bridgehead atoms. The van der Waals surface area contributed by atoms with E-state index < -0.39 is 0 Å². The third kappa shape index (κ3) is 6.10. The van der Waals surface area contributed by atoms with Crippen LogP contribution in [0.25, 0.3) is 0 Å². The van der Waals surface area contributed by atoms with Gasteiger partial charge in [0.05, 0.1) is 7.85 Å². The highest BCUT2D eigenvalue weighted by molar-refractivity contribution is 7.13. The lowest BCUT2D eigenvalue weighted by atomic mass is 9.34. The highest BCUT2D eigenvalue weighted by atomic mass is 31.0. The molecule has 20 heavy (non-hydrogen) atoms. The van der Waals surface area contributed by atoms with Crippen molar-refractivity contribution in [2.45, 2.75) is 88.1 Å². The molecule has 2 rings (SSSR count). The Bertz CT molecular complexity index is 265. The van der Waals surface area contributed by atoms with E-state index in [1.165, 1.54) is 97.4 Å². The Morgan fingerprint density at radius 1 is 0.850 bits per heavy atom. The summed E-state index contributed by atoms with van der Waals surface area (Å²) in [5, 5.41) is 0.653. The summed E-state index contributed by atoms with van der Waals surface area (Å²) in [6.07, 6.45) is 17.7. The van der Waals surface area contributed by atoms with Crippen LogP contribution in [0.5, 0.6) is 0 Å². The lowest BCUT2D eigenvalue weighted by molar-refractivity contribution is 0.393. The summed E-state index contributed by atoms with van der Waals surface area (Å²) < 4.78 is 2.47. The second-order valence-corrected chi connectivity index (χ2v) is 8.55. The van der Waals surface area contributed by atoms with Crippen molar-refractivity contribution in [1.29, 1.82) is 0 Å². The fourth-order valence-corrected chi connectivity index (χ4v) is 4.72. The molecular formula is C16H34B2NP. The van der Waals surface area contributed by atoms with Gasteiger partial charge in [-0.1, -0.05) is 84.6 Å². The minimum absolute atomic E-state index is 0.653. The van der Waals surface area contributed by atoms with E-state index in [0.717, 1.165) is 5.82 Å². The molecule has 1 saturated carbocycles. The van der Waals surface area contributed by atoms with Gasteiger partial charge in [-0.25, -0.2) is 0 Å². The molecule has 1 aliphatic heterocycles. The lowest BCUT2D eigenvalue weighted by Gasteiger charge is -2.34. The van der Waals surface area contributed by atoms with Gasteiger partial charge in [-0.05, 0) is 12.8 Å². The van der Waals surface area contributed by atoms with E-state index in [4.69, 9.17) is 0 Å². The Kier molecular flexibility index (Phi) is 7.46. The summed E-state index contributed by atoms with van der Waals surface area (Å²) in [5.41, 5.74) is 0. The van der Waals surface area contributed by atoms with Crippen molar-refractivity contribution in [3.63, 3.8) is 0 Å². The van der Waals surface area contributed by atoms with Crippen LogP contribution in [0.2, 0.25) is 11.0 Å². The quantitative estimate of drug-likeness (QED) is 0.553. The molecule has 2 fully saturated rings. The van der Waals surface area contributed by atoms with Gasteiger partial charge in [0.1, 0.15) is 7.28 Å². The van der Waals surface area contributed by atoms with Gasteiger partial charge in [0.15, 0.2) is 0 Å². The van der Waals surface area contributed by atoms with Crippen molar-refractivity contribution >= 4 is 24.5 Å². The predicted octanol–water partition coefficient (Wildman–Crippen LogP) is 3.76. The average molecular weight is 293 g/mol. The fourth-order valence-electron chi connectivity index (χ4n) is 4.39. The normalized spacial score (nSPS) is 30.4. The highest BCUT2D eigenvalue weighted by Gasteiger charge is 2.29. The summed E-state index contributed by atoms with van der Waals surface area (Å²) in [6, 6.07) is 0. The van der Waals surface area contributed by atoms with Crippen LogP contribution in [-0.4, -0.2) is 32.9 Å². The van der Waals surface area contributed by atoms with Crippen LogP contribution in [0.3, 0.4) is 0 Å². The lowest BCUT2D eigenvalue weighted by Crippen LogP contribution is -2.28. The fraction of sp³-hybridized carbons (Fsp3) is 1.00. The van der Waals surface area contributed by atoms with Crippen molar-refractivity contribution in [3.8, 4) is 0 Å². The first-order chi connectivity index (χ1) is 9.68. The van der Waals surface area contributed by atoms with Gasteiger partial charge >= 0.3 is 0 Å². The predicted molar refractivity (Wildman–Crippen MR) is 98.8 cm³/mol. The van der Waals surface area contributed by atoms with Crippen LogP contribution in [0, 0.1) is 0 Å². The van der Waals surface area contributed by atoms with Crippen LogP contribution in [0.1, 0.15) is 77.0 Å². The number of nitrogens with zero attached hydrogens (tertiary/aromatic N) is 1. The maximum Gasteiger partial charge on any atom is 0.122 e. The zero-order valence-corrected chi connectivity index (χ0v) is 14.9. The first-order valence-electron chi connectivity index (χ1n) is 9.18. The third-order valence-electron chi connectivity index (χ3n) is 5.72. The molecule has 0 N–H and O–H groups in total. The molecule has 2 aliphatic rings. The summed E-state index contributed by atoms with van der Waals surface area (Å²) >= 11 is 0. The largest absolute Gasteiger partial charge is 0.287 e. The van der Waals surface area contributed by atoms with Gasteiger partial charge in [0.2, 0.25) is 0 Å². The molecule has 0 radical (unpaired) electrons. The van der Waals surface area contributed by atoms with E-state index in [-0.39, 0.29) is 0 Å². The Hall–Kier alpha value is 0.520. The minimum atomic E-state index is 0.653. The molecule has 0 aromatic carbocycles. The van der Waals surface area contributed by atoms with Crippen LogP contribution in [0.4, 0.5) is 0 Å². The van der Waals surface area contributed by atoms with Gasteiger partial charge in [-0.3, -0.25) is 4.67 Å². The first-order valence-corrected chi connectivity index (χ1v) is 9.69. The highest BCUT2D eigenvalue weighted by Crippen LogP contribution is 2.40. The van der Waals surface area contributed by atoms with Gasteiger partial charge in [0, 0.05) is 13.1 Å². The molecule has 4 heteroatoms. The number of hydrogen-bond donors (Lipinski definition) is 0. The minimum Gasteiger partial charge on any atom is -0.287 e. The van der Waals surface area contributed by atoms with Gasteiger partial charge in [-0.15, -0.1) is 0 Å². The molecule has 2 atom stereocenters. The zero-order valence-electron chi connectivity index (χ0n) is 13.7. The Morgan fingerprint density at radius 2 is 1.50 bits per heavy atom. The molecule has 114 valence electrons. The monoisotopic (exact) mass is 293 g/mol. The van der Waals surface area contributed by atoms with Crippen molar-refractivity contribution < 1.29 is 0 Å². The summed E-state index contributed by atoms with van der Waals surface area (Å²) in [6.45, 7) is 2.58. The van der Waals surface area contributed by atoms with E-state index in [1.807, 2.05) is 0 Å². The van der Waals surface area contributed by atoms with Crippen molar-refractivity contribution in [3.05, 3.63) is 0 Å². The number of hydrogen-bond acceptors (Lipinski definition) is 1.